The van der Waals surface area contributed by atoms with E-state index in [-0.39, 0.29) is 27.1 Å². The lowest BCUT2D eigenvalue weighted by molar-refractivity contribution is 0.332. The van der Waals surface area contributed by atoms with Crippen molar-refractivity contribution < 1.29 is 0 Å². The summed E-state index contributed by atoms with van der Waals surface area (Å²) < 4.78 is 0. The molecule has 69 heavy (non-hydrogen) atoms. The van der Waals surface area contributed by atoms with Gasteiger partial charge in [0.1, 0.15) is 0 Å². The van der Waals surface area contributed by atoms with Crippen LogP contribution in [0.3, 0.4) is 0 Å². The van der Waals surface area contributed by atoms with E-state index in [1.807, 2.05) is 0 Å². The van der Waals surface area contributed by atoms with Crippen LogP contribution in [-0.2, 0) is 27.1 Å². The van der Waals surface area contributed by atoms with Crippen LogP contribution in [0.2, 0.25) is 0 Å². The van der Waals surface area contributed by atoms with Gasteiger partial charge >= 0.3 is 0 Å². The van der Waals surface area contributed by atoms with Gasteiger partial charge in [-0.1, -0.05) is 178 Å². The summed E-state index contributed by atoms with van der Waals surface area (Å²) in [5, 5.41) is 6.64. The molecule has 8 aromatic carbocycles. The highest BCUT2D eigenvalue weighted by molar-refractivity contribution is 6.74. The second-order valence-corrected chi connectivity index (χ2v) is 24.2. The van der Waals surface area contributed by atoms with Gasteiger partial charge in [-0.2, -0.15) is 0 Å². The van der Waals surface area contributed by atoms with Gasteiger partial charge in [0.05, 0.1) is 0 Å². The van der Waals surface area contributed by atoms with Crippen LogP contribution in [0.5, 0.6) is 0 Å². The van der Waals surface area contributed by atoms with Crippen molar-refractivity contribution >= 4 is 57.4 Å². The molecule has 0 spiro atoms. The van der Waals surface area contributed by atoms with Crippen molar-refractivity contribution in [3.63, 3.8) is 0 Å². The van der Waals surface area contributed by atoms with Crippen molar-refractivity contribution in [1.82, 2.24) is 0 Å². The Balaban J connectivity index is 1.15. The third kappa shape index (κ3) is 6.81. The Morgan fingerprint density at radius 2 is 1.09 bits per heavy atom. The van der Waals surface area contributed by atoms with E-state index in [0.717, 1.165) is 17.8 Å². The topological polar surface area (TPSA) is 15.3 Å². The van der Waals surface area contributed by atoms with Crippen LogP contribution in [-0.4, -0.2) is 7.28 Å². The lowest BCUT2D eigenvalue weighted by Gasteiger charge is -2.44. The molecule has 1 radical (unpaired) electrons. The normalized spacial score (nSPS) is 18.2. The average molecular weight is 898 g/mol. The minimum absolute atomic E-state index is 0.0490. The number of nitrogens with zero attached hydrogens (tertiary/aromatic N) is 1. The Bertz CT molecular complexity index is 3440. The predicted molar refractivity (Wildman–Crippen MR) is 297 cm³/mol. The van der Waals surface area contributed by atoms with Gasteiger partial charge in [-0.3, -0.25) is 0 Å². The van der Waals surface area contributed by atoms with Crippen molar-refractivity contribution in [2.45, 2.75) is 129 Å². The molecule has 1 aliphatic heterocycles. The smallest absolute Gasteiger partial charge is 0.197 e. The summed E-state index contributed by atoms with van der Waals surface area (Å²) in [5.41, 5.74) is 26.2. The molecular formula is C66H66BN2. The first-order valence-corrected chi connectivity index (χ1v) is 25.6. The van der Waals surface area contributed by atoms with Gasteiger partial charge in [0.15, 0.2) is 7.28 Å². The summed E-state index contributed by atoms with van der Waals surface area (Å²) >= 11 is 0. The van der Waals surface area contributed by atoms with E-state index >= 15 is 0 Å². The second kappa shape index (κ2) is 15.1. The van der Waals surface area contributed by atoms with E-state index in [2.05, 4.69) is 239 Å². The van der Waals surface area contributed by atoms with E-state index in [1.54, 1.807) is 0 Å². The van der Waals surface area contributed by atoms with E-state index in [0.29, 0.717) is 0 Å². The number of hydrogen-bond donors (Lipinski definition) is 1. The monoisotopic (exact) mass is 898 g/mol. The van der Waals surface area contributed by atoms with Crippen molar-refractivity contribution in [3.05, 3.63) is 185 Å². The minimum atomic E-state index is -0.157. The molecule has 0 unspecified atom stereocenters. The summed E-state index contributed by atoms with van der Waals surface area (Å²) in [5.74, 6) is 0. The largest absolute Gasteiger partial charge is 0.355 e. The molecule has 0 saturated carbocycles. The lowest BCUT2D eigenvalue weighted by Crippen LogP contribution is -2.41. The van der Waals surface area contributed by atoms with Gasteiger partial charge in [-0.15, -0.1) is 0 Å². The zero-order valence-electron chi connectivity index (χ0n) is 42.7. The number of anilines is 5. The first-order valence-electron chi connectivity index (χ1n) is 25.6. The molecule has 3 aliphatic carbocycles. The summed E-state index contributed by atoms with van der Waals surface area (Å²) in [4.78, 5) is 2.66. The molecule has 0 aromatic heterocycles. The predicted octanol–water partition coefficient (Wildman–Crippen LogP) is 16.7. The average Bonchev–Trinajstić information content (AvgIpc) is 3.55. The van der Waals surface area contributed by atoms with Crippen LogP contribution in [0, 0.1) is 6.92 Å². The minimum Gasteiger partial charge on any atom is -0.355 e. The Hall–Kier alpha value is -6.32. The van der Waals surface area contributed by atoms with Gasteiger partial charge in [-0.05, 0) is 174 Å². The number of fused-ring (bicyclic) bond motifs is 9. The number of aryl methyl sites for hydroxylation is 1. The van der Waals surface area contributed by atoms with Gasteiger partial charge in [-0.25, -0.2) is 0 Å². The Kier molecular flexibility index (Phi) is 9.61. The molecule has 12 rings (SSSR count). The lowest BCUT2D eigenvalue weighted by atomic mass is 9.57. The summed E-state index contributed by atoms with van der Waals surface area (Å²) in [6, 6.07) is 56.1. The van der Waals surface area contributed by atoms with E-state index in [9.17, 15) is 0 Å². The van der Waals surface area contributed by atoms with Crippen molar-refractivity contribution in [1.29, 1.82) is 0 Å². The number of hydrogen-bond acceptors (Lipinski definition) is 2. The fourth-order valence-electron chi connectivity index (χ4n) is 13.0. The van der Waals surface area contributed by atoms with Crippen LogP contribution >= 0.6 is 0 Å². The zero-order chi connectivity index (χ0) is 48.0. The van der Waals surface area contributed by atoms with E-state index in [4.69, 9.17) is 0 Å². The van der Waals surface area contributed by atoms with Gasteiger partial charge in [0.2, 0.25) is 0 Å². The Labute approximate surface area is 412 Å². The molecule has 0 atom stereocenters. The first kappa shape index (κ1) is 43.9. The second-order valence-electron chi connectivity index (χ2n) is 24.2. The molecule has 1 N–H and O–H groups in total. The van der Waals surface area contributed by atoms with Gasteiger partial charge in [0, 0.05) is 44.8 Å². The third-order valence-electron chi connectivity index (χ3n) is 17.5. The number of rotatable bonds is 5. The fraction of sp³-hybridized carbons (Fsp3) is 0.303. The summed E-state index contributed by atoms with van der Waals surface area (Å²) in [7, 11) is 2.50. The standard InChI is InChI=1S/C66H66BN2/c1-40-33-53-55(65(8,9)32-31-63(53,4)5)39-58(40)69-59-35-42(41-19-13-12-14-20-41)25-28-56(59)67-60-49(34-43-21-15-16-22-45(43)61(60)69)48-37-47-46-23-17-18-24-50(46)66(10,11)52(47)38-57(48)68-44-26-27-51-54(36-44)64(6,7)30-29-62(51,2)3/h12-28,33-39,68H,29-32H2,1-11H3. The SMILES string of the molecule is Cc1cc2c(cc1N1c3cc(-c4ccccc4)ccc3[B]c3c(-c4cc5c(cc4Nc4ccc6c(c4)C(C)(C)CCC6(C)C)C(C)(C)c4ccccc4-5)cc4ccccc4c31)C(C)(C)CCC2(C)C. The quantitative estimate of drug-likeness (QED) is 0.173. The number of nitrogens with one attached hydrogen (secondary N) is 1. The molecule has 8 aromatic rings. The molecule has 0 fully saturated rings. The van der Waals surface area contributed by atoms with E-state index in [1.165, 1.54) is 130 Å². The molecule has 0 amide bonds. The Morgan fingerprint density at radius 3 is 1.83 bits per heavy atom. The van der Waals surface area contributed by atoms with Crippen molar-refractivity contribution in [2.75, 3.05) is 10.2 Å². The summed E-state index contributed by atoms with van der Waals surface area (Å²) in [6.45, 7) is 26.7. The van der Waals surface area contributed by atoms with E-state index < -0.39 is 0 Å². The number of benzene rings is 8. The van der Waals surface area contributed by atoms with Gasteiger partial charge in [0.25, 0.3) is 0 Å². The van der Waals surface area contributed by atoms with Crippen molar-refractivity contribution in [3.8, 4) is 33.4 Å². The molecule has 343 valence electrons. The highest BCUT2D eigenvalue weighted by Gasteiger charge is 2.41. The highest BCUT2D eigenvalue weighted by Crippen LogP contribution is 2.55. The summed E-state index contributed by atoms with van der Waals surface area (Å²) in [6.07, 6.45) is 4.72. The van der Waals surface area contributed by atoms with Gasteiger partial charge < -0.3 is 10.2 Å². The highest BCUT2D eigenvalue weighted by atomic mass is 15.2. The maximum atomic E-state index is 4.16. The molecule has 4 aliphatic rings. The van der Waals surface area contributed by atoms with Crippen LogP contribution in [0.4, 0.5) is 28.4 Å². The molecule has 0 bridgehead atoms. The molecule has 1 heterocycles. The maximum absolute atomic E-state index is 4.16. The molecule has 2 nitrogen and oxygen atoms in total. The van der Waals surface area contributed by atoms with Crippen molar-refractivity contribution in [2.24, 2.45) is 0 Å². The zero-order valence-corrected chi connectivity index (χ0v) is 42.7. The van der Waals surface area contributed by atoms with Crippen LogP contribution < -0.4 is 21.1 Å². The first-order chi connectivity index (χ1) is 32.8. The van der Waals surface area contributed by atoms with Crippen LogP contribution in [0.15, 0.2) is 146 Å². The molecule has 0 saturated heterocycles. The van der Waals surface area contributed by atoms with Crippen LogP contribution in [0.25, 0.3) is 44.2 Å². The maximum Gasteiger partial charge on any atom is 0.197 e. The Morgan fingerprint density at radius 1 is 0.449 bits per heavy atom. The fourth-order valence-corrected chi connectivity index (χ4v) is 13.0. The third-order valence-corrected chi connectivity index (χ3v) is 17.5. The van der Waals surface area contributed by atoms with Crippen LogP contribution in [0.1, 0.15) is 134 Å². The molecular weight excluding hydrogens is 832 g/mol. The molecule has 3 heteroatoms.